The topological polar surface area (TPSA) is 95.9 Å². The molecule has 6 nitrogen and oxygen atoms in total. The predicted molar refractivity (Wildman–Crippen MR) is 306 cm³/mol. The van der Waals surface area contributed by atoms with Crippen molar-refractivity contribution in [3.05, 3.63) is 12.2 Å². The minimum Gasteiger partial charge on any atom is -0.466 e. The van der Waals surface area contributed by atoms with Gasteiger partial charge < -0.3 is 20.3 Å². The van der Waals surface area contributed by atoms with Gasteiger partial charge in [0.15, 0.2) is 0 Å². The van der Waals surface area contributed by atoms with E-state index in [-0.39, 0.29) is 18.5 Å². The van der Waals surface area contributed by atoms with Gasteiger partial charge in [0.2, 0.25) is 5.91 Å². The summed E-state index contributed by atoms with van der Waals surface area (Å²) in [5.74, 6) is -0.0431. The summed E-state index contributed by atoms with van der Waals surface area (Å²) >= 11 is 0. The molecule has 2 atom stereocenters. The first-order valence-electron chi connectivity index (χ1n) is 32.0. The number of unbranched alkanes of at least 4 members (excludes halogenated alkanes) is 49. The summed E-state index contributed by atoms with van der Waals surface area (Å²) in [6.45, 7) is 4.91. The van der Waals surface area contributed by atoms with Gasteiger partial charge in [-0.15, -0.1) is 0 Å². The molecule has 0 aliphatic heterocycles. The first-order valence-corrected chi connectivity index (χ1v) is 32.0. The van der Waals surface area contributed by atoms with Crippen LogP contribution < -0.4 is 5.32 Å². The van der Waals surface area contributed by atoms with E-state index in [0.29, 0.717) is 19.4 Å². The predicted octanol–water partition coefficient (Wildman–Crippen LogP) is 20.0. The summed E-state index contributed by atoms with van der Waals surface area (Å²) in [5, 5.41) is 23.0. The summed E-state index contributed by atoms with van der Waals surface area (Å²) < 4.78 is 5.50. The Morgan fingerprint density at radius 2 is 0.657 bits per heavy atom. The zero-order valence-electron chi connectivity index (χ0n) is 47.5. The van der Waals surface area contributed by atoms with Gasteiger partial charge in [-0.05, 0) is 32.1 Å². The molecule has 70 heavy (non-hydrogen) atoms. The van der Waals surface area contributed by atoms with Crippen LogP contribution in [-0.4, -0.2) is 47.4 Å². The molecule has 0 saturated carbocycles. The Morgan fingerprint density at radius 3 is 0.971 bits per heavy atom. The molecule has 416 valence electrons. The molecule has 0 aromatic heterocycles. The Labute approximate surface area is 438 Å². The van der Waals surface area contributed by atoms with E-state index in [1.807, 2.05) is 6.08 Å². The number of amides is 1. The van der Waals surface area contributed by atoms with Gasteiger partial charge in [-0.2, -0.15) is 0 Å². The summed E-state index contributed by atoms with van der Waals surface area (Å²) in [4.78, 5) is 24.5. The van der Waals surface area contributed by atoms with Crippen LogP contribution in [0.1, 0.15) is 361 Å². The Bertz CT molecular complexity index is 1050. The molecular formula is C64H125NO5. The highest BCUT2D eigenvalue weighted by Gasteiger charge is 2.18. The third-order valence-electron chi connectivity index (χ3n) is 15.1. The summed E-state index contributed by atoms with van der Waals surface area (Å²) in [7, 11) is 0. The molecule has 0 bridgehead atoms. The first kappa shape index (κ1) is 68.6. The second-order valence-electron chi connectivity index (χ2n) is 22.1. The van der Waals surface area contributed by atoms with Gasteiger partial charge in [0.25, 0.3) is 0 Å². The van der Waals surface area contributed by atoms with Crippen molar-refractivity contribution in [2.24, 2.45) is 0 Å². The highest BCUT2D eigenvalue weighted by Crippen LogP contribution is 2.18. The Morgan fingerprint density at radius 1 is 0.386 bits per heavy atom. The lowest BCUT2D eigenvalue weighted by Gasteiger charge is -2.20. The molecule has 1 amide bonds. The number of carbonyl (C=O) groups is 2. The van der Waals surface area contributed by atoms with Gasteiger partial charge in [0, 0.05) is 12.8 Å². The van der Waals surface area contributed by atoms with Crippen molar-refractivity contribution in [1.82, 2.24) is 5.32 Å². The number of rotatable bonds is 60. The second-order valence-corrected chi connectivity index (χ2v) is 22.1. The standard InChI is InChI=1S/C64H125NO5/c1-3-5-7-9-11-13-14-15-31-35-38-42-46-50-54-58-64(69)70-59-55-51-47-43-39-36-33-30-28-26-24-22-20-18-16-17-19-21-23-25-27-29-32-34-37-41-45-49-53-57-63(68)65-61(60-66)62(67)56-52-48-44-40-12-10-8-6-4-2/h52,56,61-62,66-67H,3-51,53-55,57-60H2,1-2H3,(H,65,68)/b56-52+. The van der Waals surface area contributed by atoms with Gasteiger partial charge in [0.1, 0.15) is 0 Å². The molecule has 0 fully saturated rings. The van der Waals surface area contributed by atoms with Crippen LogP contribution in [-0.2, 0) is 14.3 Å². The van der Waals surface area contributed by atoms with E-state index >= 15 is 0 Å². The van der Waals surface area contributed by atoms with Crippen LogP contribution in [0.2, 0.25) is 0 Å². The zero-order chi connectivity index (χ0) is 50.7. The van der Waals surface area contributed by atoms with Crippen molar-refractivity contribution in [3.8, 4) is 0 Å². The summed E-state index contributed by atoms with van der Waals surface area (Å²) in [6.07, 6.45) is 72.9. The number of aliphatic hydroxyl groups excluding tert-OH is 2. The fourth-order valence-corrected chi connectivity index (χ4v) is 10.2. The van der Waals surface area contributed by atoms with Crippen LogP contribution in [0, 0.1) is 0 Å². The first-order chi connectivity index (χ1) is 34.5. The van der Waals surface area contributed by atoms with Crippen molar-refractivity contribution >= 4 is 11.9 Å². The number of esters is 1. The summed E-state index contributed by atoms with van der Waals surface area (Å²) in [6, 6.07) is -0.622. The SMILES string of the molecule is CCCCCCCCC/C=C/C(O)C(CO)NC(=O)CCCCCCCCCCCCCCCCCCCCCCCCCCCCCCCOC(=O)CCCCCCCCCCCCCCCCC. The maximum atomic E-state index is 12.4. The fraction of sp³-hybridized carbons (Fsp3) is 0.938. The number of nitrogens with one attached hydrogen (secondary N) is 1. The molecule has 6 heteroatoms. The molecule has 0 aromatic carbocycles. The molecule has 2 unspecified atom stereocenters. The maximum absolute atomic E-state index is 12.4. The number of hydrogen-bond acceptors (Lipinski definition) is 5. The van der Waals surface area contributed by atoms with Crippen LogP contribution in [0.15, 0.2) is 12.2 Å². The molecule has 0 aromatic rings. The van der Waals surface area contributed by atoms with Crippen LogP contribution in [0.4, 0.5) is 0 Å². The molecule has 0 spiro atoms. The normalized spacial score (nSPS) is 12.6. The lowest BCUT2D eigenvalue weighted by atomic mass is 10.0. The van der Waals surface area contributed by atoms with Crippen LogP contribution in [0.5, 0.6) is 0 Å². The maximum Gasteiger partial charge on any atom is 0.305 e. The average molecular weight is 989 g/mol. The van der Waals surface area contributed by atoms with Crippen molar-refractivity contribution in [3.63, 3.8) is 0 Å². The quantitative estimate of drug-likeness (QED) is 0.0321. The van der Waals surface area contributed by atoms with E-state index in [1.54, 1.807) is 6.08 Å². The van der Waals surface area contributed by atoms with E-state index in [0.717, 1.165) is 38.5 Å². The lowest BCUT2D eigenvalue weighted by Crippen LogP contribution is -2.45. The third kappa shape index (κ3) is 55.9. The monoisotopic (exact) mass is 988 g/mol. The van der Waals surface area contributed by atoms with Gasteiger partial charge >= 0.3 is 5.97 Å². The highest BCUT2D eigenvalue weighted by atomic mass is 16.5. The smallest absolute Gasteiger partial charge is 0.305 e. The minimum atomic E-state index is -0.838. The second kappa shape index (κ2) is 60.2. The van der Waals surface area contributed by atoms with E-state index in [1.165, 1.54) is 295 Å². The molecule has 0 rings (SSSR count). The van der Waals surface area contributed by atoms with Crippen molar-refractivity contribution in [2.45, 2.75) is 373 Å². The largest absolute Gasteiger partial charge is 0.466 e. The van der Waals surface area contributed by atoms with Crippen LogP contribution in [0.3, 0.4) is 0 Å². The number of ether oxygens (including phenoxy) is 1. The zero-order valence-corrected chi connectivity index (χ0v) is 47.5. The Balaban J connectivity index is 3.30. The van der Waals surface area contributed by atoms with Crippen LogP contribution >= 0.6 is 0 Å². The van der Waals surface area contributed by atoms with Gasteiger partial charge in [0.05, 0.1) is 25.4 Å². The molecule has 3 N–H and O–H groups in total. The van der Waals surface area contributed by atoms with Crippen molar-refractivity contribution in [2.75, 3.05) is 13.2 Å². The van der Waals surface area contributed by atoms with Gasteiger partial charge in [-0.25, -0.2) is 0 Å². The van der Waals surface area contributed by atoms with Crippen molar-refractivity contribution in [1.29, 1.82) is 0 Å². The molecule has 0 radical (unpaired) electrons. The lowest BCUT2D eigenvalue weighted by molar-refractivity contribution is -0.143. The van der Waals surface area contributed by atoms with Crippen LogP contribution in [0.25, 0.3) is 0 Å². The van der Waals surface area contributed by atoms with Crippen molar-refractivity contribution < 1.29 is 24.5 Å². The number of carbonyl (C=O) groups excluding carboxylic acids is 2. The minimum absolute atomic E-state index is 0.0225. The molecule has 0 aliphatic carbocycles. The number of hydrogen-bond donors (Lipinski definition) is 3. The molecule has 0 heterocycles. The number of allylic oxidation sites excluding steroid dienone is 1. The summed E-state index contributed by atoms with van der Waals surface area (Å²) in [5.41, 5.74) is 0. The Kier molecular flexibility index (Phi) is 59.0. The number of aliphatic hydroxyl groups is 2. The van der Waals surface area contributed by atoms with Gasteiger partial charge in [-0.1, -0.05) is 328 Å². The van der Waals surface area contributed by atoms with E-state index in [2.05, 4.69) is 19.2 Å². The van der Waals surface area contributed by atoms with E-state index in [4.69, 9.17) is 4.74 Å². The third-order valence-corrected chi connectivity index (χ3v) is 15.1. The fourth-order valence-electron chi connectivity index (χ4n) is 10.2. The molecule has 0 aliphatic rings. The molecular weight excluding hydrogens is 863 g/mol. The average Bonchev–Trinajstić information content (AvgIpc) is 3.36. The highest BCUT2D eigenvalue weighted by molar-refractivity contribution is 5.76. The van der Waals surface area contributed by atoms with E-state index in [9.17, 15) is 19.8 Å². The van der Waals surface area contributed by atoms with Gasteiger partial charge in [-0.3, -0.25) is 9.59 Å². The molecule has 0 saturated heterocycles. The Hall–Kier alpha value is -1.40. The van der Waals surface area contributed by atoms with E-state index < -0.39 is 12.1 Å².